The number of rotatable bonds is 3. The highest BCUT2D eigenvalue weighted by Crippen LogP contribution is 2.30. The lowest BCUT2D eigenvalue weighted by Gasteiger charge is -2.42. The summed E-state index contributed by atoms with van der Waals surface area (Å²) in [5.74, 6) is 0.766. The van der Waals surface area contributed by atoms with Crippen molar-refractivity contribution >= 4 is 11.6 Å². The van der Waals surface area contributed by atoms with Crippen LogP contribution in [0.4, 0.5) is 0 Å². The molecule has 3 atom stereocenters. The van der Waals surface area contributed by atoms with Crippen LogP contribution in [0.15, 0.2) is 24.3 Å². The van der Waals surface area contributed by atoms with E-state index in [0.717, 1.165) is 17.5 Å². The summed E-state index contributed by atoms with van der Waals surface area (Å²) in [5.41, 5.74) is 7.29. The van der Waals surface area contributed by atoms with Gasteiger partial charge >= 0.3 is 0 Å². The molecule has 0 saturated carbocycles. The maximum absolute atomic E-state index is 6.01. The third-order valence-electron chi connectivity index (χ3n) is 4.04. The Morgan fingerprint density at radius 1 is 1.28 bits per heavy atom. The van der Waals surface area contributed by atoms with E-state index in [-0.39, 0.29) is 0 Å². The number of nitrogens with zero attached hydrogens (tertiary/aromatic N) is 1. The van der Waals surface area contributed by atoms with Crippen LogP contribution in [0.2, 0.25) is 5.02 Å². The lowest BCUT2D eigenvalue weighted by Crippen LogP contribution is -2.45. The number of halogens is 1. The third-order valence-corrected chi connectivity index (χ3v) is 4.30. The zero-order valence-corrected chi connectivity index (χ0v) is 12.0. The predicted octanol–water partition coefficient (Wildman–Crippen LogP) is 3.46. The number of hydrogen-bond donors (Lipinski definition) is 1. The Kier molecular flexibility index (Phi) is 4.66. The number of nitrogens with two attached hydrogens (primary N) is 1. The first-order chi connectivity index (χ1) is 8.61. The van der Waals surface area contributed by atoms with E-state index in [1.165, 1.54) is 18.4 Å². The third kappa shape index (κ3) is 3.05. The van der Waals surface area contributed by atoms with E-state index in [2.05, 4.69) is 30.9 Å². The molecule has 1 aliphatic rings. The predicted molar refractivity (Wildman–Crippen MR) is 77.8 cm³/mol. The monoisotopic (exact) mass is 266 g/mol. The maximum Gasteiger partial charge on any atom is 0.0473 e. The van der Waals surface area contributed by atoms with Crippen LogP contribution in [-0.4, -0.2) is 24.0 Å². The Bertz CT molecular complexity index is 377. The Morgan fingerprint density at radius 3 is 2.56 bits per heavy atom. The summed E-state index contributed by atoms with van der Waals surface area (Å²) in [5, 5.41) is 0.787. The minimum Gasteiger partial charge on any atom is -0.329 e. The van der Waals surface area contributed by atoms with E-state index in [9.17, 15) is 0 Å². The first kappa shape index (κ1) is 13.9. The lowest BCUT2D eigenvalue weighted by atomic mass is 9.91. The van der Waals surface area contributed by atoms with Crippen molar-refractivity contribution in [2.24, 2.45) is 11.7 Å². The Hall–Kier alpha value is -0.570. The van der Waals surface area contributed by atoms with Gasteiger partial charge in [0.1, 0.15) is 0 Å². The number of piperidine rings is 1. The van der Waals surface area contributed by atoms with Crippen LogP contribution in [0.1, 0.15) is 38.3 Å². The largest absolute Gasteiger partial charge is 0.329 e. The summed E-state index contributed by atoms with van der Waals surface area (Å²) in [6.45, 7) is 6.45. The molecule has 1 fully saturated rings. The molecule has 0 amide bonds. The zero-order chi connectivity index (χ0) is 13.1. The van der Waals surface area contributed by atoms with Gasteiger partial charge in [-0.05, 0) is 43.4 Å². The average molecular weight is 267 g/mol. The summed E-state index contributed by atoms with van der Waals surface area (Å²) >= 11 is 5.95. The molecule has 1 aromatic rings. The SMILES string of the molecule is CC1CCC(C)N(C(CN)c2ccc(Cl)cc2)C1. The highest BCUT2D eigenvalue weighted by molar-refractivity contribution is 6.30. The normalized spacial score (nSPS) is 27.1. The summed E-state index contributed by atoms with van der Waals surface area (Å²) in [7, 11) is 0. The van der Waals surface area contributed by atoms with Crippen molar-refractivity contribution < 1.29 is 0 Å². The van der Waals surface area contributed by atoms with Crippen LogP contribution in [0.5, 0.6) is 0 Å². The number of hydrogen-bond acceptors (Lipinski definition) is 2. The van der Waals surface area contributed by atoms with Gasteiger partial charge in [-0.2, -0.15) is 0 Å². The van der Waals surface area contributed by atoms with Crippen molar-refractivity contribution in [2.75, 3.05) is 13.1 Å². The molecule has 18 heavy (non-hydrogen) atoms. The summed E-state index contributed by atoms with van der Waals surface area (Å²) in [6, 6.07) is 9.05. The van der Waals surface area contributed by atoms with Gasteiger partial charge in [0.05, 0.1) is 0 Å². The highest BCUT2D eigenvalue weighted by atomic mass is 35.5. The molecule has 0 bridgehead atoms. The molecule has 2 rings (SSSR count). The summed E-state index contributed by atoms with van der Waals surface area (Å²) in [4.78, 5) is 2.55. The molecule has 3 unspecified atom stereocenters. The van der Waals surface area contributed by atoms with Crippen LogP contribution < -0.4 is 5.73 Å². The van der Waals surface area contributed by atoms with E-state index in [4.69, 9.17) is 17.3 Å². The zero-order valence-electron chi connectivity index (χ0n) is 11.3. The average Bonchev–Trinajstić information content (AvgIpc) is 2.37. The van der Waals surface area contributed by atoms with Crippen LogP contribution in [-0.2, 0) is 0 Å². The topological polar surface area (TPSA) is 29.3 Å². The Labute approximate surface area is 115 Å². The molecule has 0 radical (unpaired) electrons. The molecule has 0 aromatic heterocycles. The molecule has 2 N–H and O–H groups in total. The second kappa shape index (κ2) is 6.05. The molecule has 0 spiro atoms. The van der Waals surface area contributed by atoms with Crippen LogP contribution in [0.3, 0.4) is 0 Å². The first-order valence-electron chi connectivity index (χ1n) is 6.83. The van der Waals surface area contributed by atoms with E-state index < -0.39 is 0 Å². The molecule has 1 heterocycles. The van der Waals surface area contributed by atoms with Crippen molar-refractivity contribution in [1.82, 2.24) is 4.90 Å². The fourth-order valence-electron chi connectivity index (χ4n) is 2.90. The van der Waals surface area contributed by atoms with Gasteiger partial charge in [0, 0.05) is 30.2 Å². The van der Waals surface area contributed by atoms with Crippen LogP contribution in [0, 0.1) is 5.92 Å². The standard InChI is InChI=1S/C15H23ClN2/c1-11-3-4-12(2)18(10-11)15(9-17)13-5-7-14(16)8-6-13/h5-8,11-12,15H,3-4,9-10,17H2,1-2H3. The van der Waals surface area contributed by atoms with Gasteiger partial charge in [0.15, 0.2) is 0 Å². The second-order valence-electron chi connectivity index (χ2n) is 5.53. The van der Waals surface area contributed by atoms with E-state index >= 15 is 0 Å². The molecule has 1 saturated heterocycles. The van der Waals surface area contributed by atoms with Gasteiger partial charge in [0.2, 0.25) is 0 Å². The Balaban J connectivity index is 2.19. The molecule has 2 nitrogen and oxygen atoms in total. The lowest BCUT2D eigenvalue weighted by molar-refractivity contribution is 0.0798. The first-order valence-corrected chi connectivity index (χ1v) is 7.21. The molecular formula is C15H23ClN2. The van der Waals surface area contributed by atoms with Crippen molar-refractivity contribution in [3.05, 3.63) is 34.9 Å². The molecule has 0 aliphatic carbocycles. The van der Waals surface area contributed by atoms with Crippen LogP contribution >= 0.6 is 11.6 Å². The summed E-state index contributed by atoms with van der Waals surface area (Å²) in [6.07, 6.45) is 2.60. The van der Waals surface area contributed by atoms with Crippen molar-refractivity contribution in [3.63, 3.8) is 0 Å². The molecule has 100 valence electrons. The van der Waals surface area contributed by atoms with E-state index in [0.29, 0.717) is 18.6 Å². The molecule has 3 heteroatoms. The minimum absolute atomic E-state index is 0.319. The smallest absolute Gasteiger partial charge is 0.0473 e. The molecule has 1 aromatic carbocycles. The van der Waals surface area contributed by atoms with Gasteiger partial charge in [-0.1, -0.05) is 30.7 Å². The second-order valence-corrected chi connectivity index (χ2v) is 5.97. The van der Waals surface area contributed by atoms with Gasteiger partial charge in [0.25, 0.3) is 0 Å². The van der Waals surface area contributed by atoms with Gasteiger partial charge in [-0.15, -0.1) is 0 Å². The molecular weight excluding hydrogens is 244 g/mol. The fraction of sp³-hybridized carbons (Fsp3) is 0.600. The van der Waals surface area contributed by atoms with Gasteiger partial charge < -0.3 is 5.73 Å². The fourth-order valence-corrected chi connectivity index (χ4v) is 3.03. The minimum atomic E-state index is 0.319. The molecule has 1 aliphatic heterocycles. The Morgan fingerprint density at radius 2 is 1.94 bits per heavy atom. The van der Waals surface area contributed by atoms with Gasteiger partial charge in [-0.25, -0.2) is 0 Å². The van der Waals surface area contributed by atoms with Gasteiger partial charge in [-0.3, -0.25) is 4.90 Å². The van der Waals surface area contributed by atoms with Crippen molar-refractivity contribution in [2.45, 2.75) is 38.8 Å². The summed E-state index contributed by atoms with van der Waals surface area (Å²) < 4.78 is 0. The van der Waals surface area contributed by atoms with Crippen LogP contribution in [0.25, 0.3) is 0 Å². The van der Waals surface area contributed by atoms with E-state index in [1.807, 2.05) is 12.1 Å². The maximum atomic E-state index is 6.01. The highest BCUT2D eigenvalue weighted by Gasteiger charge is 2.29. The van der Waals surface area contributed by atoms with Crippen molar-refractivity contribution in [3.8, 4) is 0 Å². The number of benzene rings is 1. The quantitative estimate of drug-likeness (QED) is 0.908. The van der Waals surface area contributed by atoms with Crippen molar-refractivity contribution in [1.29, 1.82) is 0 Å². The van der Waals surface area contributed by atoms with E-state index in [1.54, 1.807) is 0 Å². The number of likely N-dealkylation sites (tertiary alicyclic amines) is 1.